The molecule has 1 aliphatic heterocycles. The van der Waals surface area contributed by atoms with Crippen LogP contribution >= 0.6 is 0 Å². The van der Waals surface area contributed by atoms with Gasteiger partial charge < -0.3 is 16.8 Å². The van der Waals surface area contributed by atoms with Gasteiger partial charge in [-0.1, -0.05) is 0 Å². The van der Waals surface area contributed by atoms with Crippen molar-refractivity contribution >= 4 is 17.7 Å². The van der Waals surface area contributed by atoms with Crippen LogP contribution in [0, 0.1) is 0 Å². The molecule has 1 heterocycles. The van der Waals surface area contributed by atoms with Crippen LogP contribution in [-0.4, -0.2) is 48.3 Å². The van der Waals surface area contributed by atoms with Crippen LogP contribution in [-0.2, 0) is 14.4 Å². The van der Waals surface area contributed by atoms with E-state index >= 15 is 0 Å². The molecule has 0 spiro atoms. The molecule has 0 saturated carbocycles. The Morgan fingerprint density at radius 3 is 2.67 bits per heavy atom. The third-order valence-corrected chi connectivity index (χ3v) is 2.33. The van der Waals surface area contributed by atoms with Gasteiger partial charge in [0.05, 0.1) is 18.5 Å². The molecule has 0 radical (unpaired) electrons. The van der Waals surface area contributed by atoms with E-state index in [4.69, 9.17) is 11.5 Å². The van der Waals surface area contributed by atoms with E-state index in [1.807, 2.05) is 0 Å². The third-order valence-electron chi connectivity index (χ3n) is 2.33. The number of likely N-dealkylation sites (tertiary alicyclic amines) is 1. The van der Waals surface area contributed by atoms with Gasteiger partial charge in [-0.25, -0.2) is 0 Å². The van der Waals surface area contributed by atoms with E-state index < -0.39 is 18.0 Å². The molecule has 0 aliphatic carbocycles. The van der Waals surface area contributed by atoms with E-state index in [0.717, 1.165) is 4.90 Å². The molecule has 0 bridgehead atoms. The van der Waals surface area contributed by atoms with Gasteiger partial charge in [0.25, 0.3) is 0 Å². The monoisotopic (exact) mass is 214 g/mol. The Morgan fingerprint density at radius 1 is 1.67 bits per heavy atom. The first-order valence-corrected chi connectivity index (χ1v) is 4.52. The van der Waals surface area contributed by atoms with E-state index in [2.05, 4.69) is 5.32 Å². The van der Waals surface area contributed by atoms with Crippen LogP contribution in [0.3, 0.4) is 0 Å². The zero-order valence-corrected chi connectivity index (χ0v) is 8.40. The number of amides is 3. The average Bonchev–Trinajstić information content (AvgIpc) is 2.42. The second kappa shape index (κ2) is 4.37. The highest BCUT2D eigenvalue weighted by Gasteiger charge is 2.35. The molecule has 0 aromatic heterocycles. The first kappa shape index (κ1) is 11.6. The van der Waals surface area contributed by atoms with E-state index in [1.54, 1.807) is 0 Å². The fourth-order valence-corrected chi connectivity index (χ4v) is 1.28. The van der Waals surface area contributed by atoms with Crippen LogP contribution in [0.15, 0.2) is 0 Å². The SMILES string of the molecule is CN1C(=O)CC(NCC(N)C(N)=O)C1=O. The average molecular weight is 214 g/mol. The first-order valence-electron chi connectivity index (χ1n) is 4.52. The summed E-state index contributed by atoms with van der Waals surface area (Å²) >= 11 is 0. The summed E-state index contributed by atoms with van der Waals surface area (Å²) in [5.74, 6) is -1.20. The second-order valence-electron chi connectivity index (χ2n) is 3.46. The molecule has 0 aromatic rings. The van der Waals surface area contributed by atoms with Crippen molar-refractivity contribution in [3.05, 3.63) is 0 Å². The number of rotatable bonds is 4. The lowest BCUT2D eigenvalue weighted by Crippen LogP contribution is -2.48. The molecular formula is C8H14N4O3. The maximum absolute atomic E-state index is 11.4. The Kier molecular flexibility index (Phi) is 3.38. The fraction of sp³-hybridized carbons (Fsp3) is 0.625. The number of likely N-dealkylation sites (N-methyl/N-ethyl adjacent to an activating group) is 1. The van der Waals surface area contributed by atoms with Crippen molar-refractivity contribution in [3.8, 4) is 0 Å². The molecular weight excluding hydrogens is 200 g/mol. The molecule has 7 nitrogen and oxygen atoms in total. The number of primary amides is 1. The topological polar surface area (TPSA) is 119 Å². The highest BCUT2D eigenvalue weighted by Crippen LogP contribution is 2.09. The molecule has 7 heteroatoms. The minimum Gasteiger partial charge on any atom is -0.368 e. The number of hydrogen-bond donors (Lipinski definition) is 3. The normalized spacial score (nSPS) is 23.3. The van der Waals surface area contributed by atoms with Crippen molar-refractivity contribution in [1.82, 2.24) is 10.2 Å². The van der Waals surface area contributed by atoms with Gasteiger partial charge in [0, 0.05) is 13.6 Å². The summed E-state index contributed by atoms with van der Waals surface area (Å²) in [6, 6.07) is -1.44. The minimum atomic E-state index is -0.848. The zero-order valence-electron chi connectivity index (χ0n) is 8.40. The van der Waals surface area contributed by atoms with E-state index in [1.165, 1.54) is 7.05 Å². The predicted molar refractivity (Wildman–Crippen MR) is 51.4 cm³/mol. The summed E-state index contributed by atoms with van der Waals surface area (Å²) < 4.78 is 0. The number of nitrogens with one attached hydrogen (secondary N) is 1. The lowest BCUT2D eigenvalue weighted by atomic mass is 10.2. The number of nitrogens with two attached hydrogens (primary N) is 2. The van der Waals surface area contributed by atoms with Gasteiger partial charge in [-0.15, -0.1) is 0 Å². The third kappa shape index (κ3) is 2.51. The first-order chi connectivity index (χ1) is 6.93. The molecule has 2 unspecified atom stereocenters. The number of carbonyl (C=O) groups excluding carboxylic acids is 3. The van der Waals surface area contributed by atoms with Gasteiger partial charge in [-0.2, -0.15) is 0 Å². The number of hydrogen-bond acceptors (Lipinski definition) is 5. The molecule has 3 amide bonds. The summed E-state index contributed by atoms with van der Waals surface area (Å²) in [4.78, 5) is 34.2. The highest BCUT2D eigenvalue weighted by atomic mass is 16.2. The van der Waals surface area contributed by atoms with Crippen molar-refractivity contribution in [3.63, 3.8) is 0 Å². The maximum atomic E-state index is 11.4. The summed E-state index contributed by atoms with van der Waals surface area (Å²) in [5.41, 5.74) is 10.3. The zero-order chi connectivity index (χ0) is 11.6. The second-order valence-corrected chi connectivity index (χ2v) is 3.46. The Hall–Kier alpha value is -1.47. The van der Waals surface area contributed by atoms with Gasteiger partial charge >= 0.3 is 0 Å². The Balaban J connectivity index is 2.44. The van der Waals surface area contributed by atoms with Crippen LogP contribution in [0.4, 0.5) is 0 Å². The molecule has 1 fully saturated rings. The van der Waals surface area contributed by atoms with E-state index in [9.17, 15) is 14.4 Å². The van der Waals surface area contributed by atoms with Gasteiger partial charge in [0.15, 0.2) is 0 Å². The molecule has 1 aliphatic rings. The molecule has 0 aromatic carbocycles. The Labute approximate surface area is 86.8 Å². The maximum Gasteiger partial charge on any atom is 0.246 e. The smallest absolute Gasteiger partial charge is 0.246 e. The van der Waals surface area contributed by atoms with Crippen molar-refractivity contribution < 1.29 is 14.4 Å². The standard InChI is InChI=1S/C8H14N4O3/c1-12-6(13)2-5(8(12)15)11-3-4(9)7(10)14/h4-5,11H,2-3,9H2,1H3,(H2,10,14). The summed E-state index contributed by atoms with van der Waals surface area (Å²) in [7, 11) is 1.42. The highest BCUT2D eigenvalue weighted by molar-refractivity contribution is 6.05. The molecule has 1 rings (SSSR count). The van der Waals surface area contributed by atoms with E-state index in [0.29, 0.717) is 0 Å². The quantitative estimate of drug-likeness (QED) is 0.435. The van der Waals surface area contributed by atoms with Crippen LogP contribution in [0.25, 0.3) is 0 Å². The largest absolute Gasteiger partial charge is 0.368 e. The fourth-order valence-electron chi connectivity index (χ4n) is 1.28. The molecule has 1 saturated heterocycles. The van der Waals surface area contributed by atoms with Crippen LogP contribution in [0.1, 0.15) is 6.42 Å². The lowest BCUT2D eigenvalue weighted by Gasteiger charge is -2.13. The minimum absolute atomic E-state index is 0.0901. The number of nitrogens with zero attached hydrogens (tertiary/aromatic N) is 1. The van der Waals surface area contributed by atoms with Gasteiger partial charge in [0.2, 0.25) is 17.7 Å². The molecule has 5 N–H and O–H groups in total. The van der Waals surface area contributed by atoms with Gasteiger partial charge in [-0.3, -0.25) is 19.3 Å². The number of imide groups is 1. The molecule has 15 heavy (non-hydrogen) atoms. The van der Waals surface area contributed by atoms with Crippen LogP contribution in [0.2, 0.25) is 0 Å². The summed E-state index contributed by atoms with van der Waals surface area (Å²) in [6.07, 6.45) is 0.0980. The van der Waals surface area contributed by atoms with Crippen LogP contribution in [0.5, 0.6) is 0 Å². The van der Waals surface area contributed by atoms with Crippen molar-refractivity contribution in [2.24, 2.45) is 11.5 Å². The summed E-state index contributed by atoms with van der Waals surface area (Å²) in [5, 5.41) is 2.74. The van der Waals surface area contributed by atoms with Crippen molar-refractivity contribution in [2.75, 3.05) is 13.6 Å². The van der Waals surface area contributed by atoms with E-state index in [-0.39, 0.29) is 24.8 Å². The van der Waals surface area contributed by atoms with Gasteiger partial charge in [0.1, 0.15) is 0 Å². The summed E-state index contributed by atoms with van der Waals surface area (Å²) in [6.45, 7) is 0.0901. The number of carbonyl (C=O) groups is 3. The van der Waals surface area contributed by atoms with Crippen molar-refractivity contribution in [1.29, 1.82) is 0 Å². The molecule has 2 atom stereocenters. The van der Waals surface area contributed by atoms with Crippen LogP contribution < -0.4 is 16.8 Å². The Morgan fingerprint density at radius 2 is 2.27 bits per heavy atom. The molecule has 84 valence electrons. The Bertz CT molecular complexity index is 304. The van der Waals surface area contributed by atoms with Gasteiger partial charge in [-0.05, 0) is 0 Å². The van der Waals surface area contributed by atoms with Crippen molar-refractivity contribution in [2.45, 2.75) is 18.5 Å². The lowest BCUT2D eigenvalue weighted by molar-refractivity contribution is -0.137. The predicted octanol–water partition coefficient (Wildman–Crippen LogP) is -2.85.